The molecular weight excluding hydrogens is 220 g/mol. The van der Waals surface area contributed by atoms with E-state index in [1.807, 2.05) is 0 Å². The first-order valence-electron chi connectivity index (χ1n) is 4.41. The zero-order valence-corrected chi connectivity index (χ0v) is 8.44. The molecule has 0 rings (SSSR count). The summed E-state index contributed by atoms with van der Waals surface area (Å²) in [6.07, 6.45) is -4.58. The summed E-state index contributed by atoms with van der Waals surface area (Å²) in [4.78, 5) is 21.7. The van der Waals surface area contributed by atoms with Crippen LogP contribution in [0.4, 0.5) is 0 Å². The number of aliphatic hydroxyl groups is 4. The van der Waals surface area contributed by atoms with Crippen LogP contribution in [0.3, 0.4) is 0 Å². The summed E-state index contributed by atoms with van der Waals surface area (Å²) >= 11 is 0. The van der Waals surface area contributed by atoms with Crippen LogP contribution in [0.5, 0.6) is 0 Å². The number of carbonyl (C=O) groups is 2. The van der Waals surface area contributed by atoms with Crippen LogP contribution in [0.2, 0.25) is 0 Å². The topological polar surface area (TPSA) is 124 Å². The maximum absolute atomic E-state index is 11.1. The predicted octanol–water partition coefficient (Wildman–Crippen LogP) is -2.64. The Kier molecular flexibility index (Phi) is 6.50. The van der Waals surface area contributed by atoms with Crippen LogP contribution in [-0.4, -0.2) is 63.7 Å². The molecule has 0 heterocycles. The molecule has 0 unspecified atom stereocenters. The highest BCUT2D eigenvalue weighted by molar-refractivity contribution is 5.88. The third-order valence-electron chi connectivity index (χ3n) is 1.76. The molecule has 0 aromatic heterocycles. The second kappa shape index (κ2) is 7.07. The van der Waals surface area contributed by atoms with Crippen LogP contribution in [0.25, 0.3) is 0 Å². The minimum absolute atomic E-state index is 0.749. The van der Waals surface area contributed by atoms with E-state index in [2.05, 4.69) is 11.3 Å². The van der Waals surface area contributed by atoms with E-state index in [9.17, 15) is 14.7 Å². The SMILES string of the molecule is C=CC(=O)OCC(=O)[C@H](O)[C@H](O)[C@@H](O)CO. The van der Waals surface area contributed by atoms with Crippen molar-refractivity contribution in [1.29, 1.82) is 0 Å². The molecule has 0 bridgehead atoms. The number of carbonyl (C=O) groups excluding carboxylic acids is 2. The molecule has 0 radical (unpaired) electrons. The van der Waals surface area contributed by atoms with E-state index < -0.39 is 43.3 Å². The van der Waals surface area contributed by atoms with Gasteiger partial charge in [0, 0.05) is 6.08 Å². The molecule has 16 heavy (non-hydrogen) atoms. The molecule has 0 aliphatic rings. The van der Waals surface area contributed by atoms with Crippen molar-refractivity contribution in [3.05, 3.63) is 12.7 Å². The Bertz CT molecular complexity index is 263. The summed E-state index contributed by atoms with van der Waals surface area (Å²) in [6, 6.07) is 0. The van der Waals surface area contributed by atoms with E-state index >= 15 is 0 Å². The lowest BCUT2D eigenvalue weighted by Crippen LogP contribution is -2.45. The molecule has 0 aromatic rings. The summed E-state index contributed by atoms with van der Waals surface area (Å²) in [6.45, 7) is 1.53. The molecule has 3 atom stereocenters. The lowest BCUT2D eigenvalue weighted by molar-refractivity contribution is -0.152. The van der Waals surface area contributed by atoms with Crippen molar-refractivity contribution < 1.29 is 34.8 Å². The average molecular weight is 234 g/mol. The maximum Gasteiger partial charge on any atom is 0.330 e. The standard InChI is InChI=1S/C9H14O7/c1-2-7(13)16-4-6(12)9(15)8(14)5(11)3-10/h2,5,8-11,14-15H,1,3-4H2/t5-,8+,9-/m0/s1. The van der Waals surface area contributed by atoms with E-state index in [0.717, 1.165) is 6.08 Å². The number of ether oxygens (including phenoxy) is 1. The highest BCUT2D eigenvalue weighted by Crippen LogP contribution is 2.01. The monoisotopic (exact) mass is 234 g/mol. The van der Waals surface area contributed by atoms with Gasteiger partial charge < -0.3 is 25.2 Å². The van der Waals surface area contributed by atoms with Gasteiger partial charge in [-0.2, -0.15) is 0 Å². The number of hydrogen-bond donors (Lipinski definition) is 4. The summed E-state index contributed by atoms with van der Waals surface area (Å²) in [5.41, 5.74) is 0. The van der Waals surface area contributed by atoms with Gasteiger partial charge >= 0.3 is 5.97 Å². The second-order valence-corrected chi connectivity index (χ2v) is 2.96. The van der Waals surface area contributed by atoms with Gasteiger partial charge in [0.25, 0.3) is 0 Å². The number of aliphatic hydroxyl groups excluding tert-OH is 4. The molecule has 0 fully saturated rings. The summed E-state index contributed by atoms with van der Waals surface area (Å²) < 4.78 is 4.32. The zero-order chi connectivity index (χ0) is 12.7. The molecule has 0 aliphatic heterocycles. The average Bonchev–Trinajstić information content (AvgIpc) is 2.32. The van der Waals surface area contributed by atoms with Gasteiger partial charge in [0.05, 0.1) is 6.61 Å². The van der Waals surface area contributed by atoms with Crippen molar-refractivity contribution in [1.82, 2.24) is 0 Å². The molecule has 0 saturated heterocycles. The van der Waals surface area contributed by atoms with Crippen LogP contribution < -0.4 is 0 Å². The molecule has 0 aromatic carbocycles. The van der Waals surface area contributed by atoms with Gasteiger partial charge in [0.15, 0.2) is 6.61 Å². The van der Waals surface area contributed by atoms with Crippen molar-refractivity contribution in [2.45, 2.75) is 18.3 Å². The molecule has 7 heteroatoms. The summed E-state index contributed by atoms with van der Waals surface area (Å²) in [7, 11) is 0. The van der Waals surface area contributed by atoms with Crippen LogP contribution >= 0.6 is 0 Å². The third-order valence-corrected chi connectivity index (χ3v) is 1.76. The molecule has 0 aliphatic carbocycles. The van der Waals surface area contributed by atoms with Gasteiger partial charge in [-0.25, -0.2) is 4.79 Å². The Morgan fingerprint density at radius 3 is 2.31 bits per heavy atom. The number of rotatable bonds is 7. The van der Waals surface area contributed by atoms with E-state index in [1.54, 1.807) is 0 Å². The van der Waals surface area contributed by atoms with Crippen LogP contribution in [0.15, 0.2) is 12.7 Å². The molecule has 0 amide bonds. The Morgan fingerprint density at radius 2 is 1.88 bits per heavy atom. The summed E-state index contributed by atoms with van der Waals surface area (Å²) in [5.74, 6) is -1.84. The first-order valence-corrected chi connectivity index (χ1v) is 4.41. The van der Waals surface area contributed by atoms with Crippen molar-refractivity contribution in [2.75, 3.05) is 13.2 Å². The van der Waals surface area contributed by atoms with Crippen LogP contribution in [-0.2, 0) is 14.3 Å². The lowest BCUT2D eigenvalue weighted by atomic mass is 10.1. The fourth-order valence-corrected chi connectivity index (χ4v) is 0.795. The number of Topliss-reactive ketones (excluding diaryl/α,β-unsaturated/α-hetero) is 1. The van der Waals surface area contributed by atoms with Gasteiger partial charge in [-0.05, 0) is 0 Å². The minimum atomic E-state index is -1.93. The molecule has 4 N–H and O–H groups in total. The number of hydrogen-bond acceptors (Lipinski definition) is 7. The fourth-order valence-electron chi connectivity index (χ4n) is 0.795. The minimum Gasteiger partial charge on any atom is -0.454 e. The Morgan fingerprint density at radius 1 is 1.31 bits per heavy atom. The van der Waals surface area contributed by atoms with Gasteiger partial charge in [-0.15, -0.1) is 0 Å². The molecular formula is C9H14O7. The Balaban J connectivity index is 4.17. The molecule has 7 nitrogen and oxygen atoms in total. The Labute approximate surface area is 91.6 Å². The van der Waals surface area contributed by atoms with Crippen molar-refractivity contribution in [3.8, 4) is 0 Å². The van der Waals surface area contributed by atoms with Crippen molar-refractivity contribution in [2.24, 2.45) is 0 Å². The highest BCUT2D eigenvalue weighted by Gasteiger charge is 2.30. The highest BCUT2D eigenvalue weighted by atomic mass is 16.5. The van der Waals surface area contributed by atoms with Gasteiger partial charge in [-0.3, -0.25) is 4.79 Å². The van der Waals surface area contributed by atoms with E-state index in [4.69, 9.17) is 15.3 Å². The van der Waals surface area contributed by atoms with Gasteiger partial charge in [-0.1, -0.05) is 6.58 Å². The molecule has 0 saturated carbocycles. The normalized spacial score (nSPS) is 16.0. The summed E-state index contributed by atoms with van der Waals surface area (Å²) in [5, 5.41) is 35.7. The largest absolute Gasteiger partial charge is 0.454 e. The number of esters is 1. The Hall–Kier alpha value is -1.28. The second-order valence-electron chi connectivity index (χ2n) is 2.96. The predicted molar refractivity (Wildman–Crippen MR) is 51.3 cm³/mol. The van der Waals surface area contributed by atoms with Gasteiger partial charge in [0.1, 0.15) is 18.3 Å². The zero-order valence-electron chi connectivity index (χ0n) is 8.44. The quantitative estimate of drug-likeness (QED) is 0.280. The van der Waals surface area contributed by atoms with Gasteiger partial charge in [0.2, 0.25) is 5.78 Å². The van der Waals surface area contributed by atoms with Crippen LogP contribution in [0, 0.1) is 0 Å². The maximum atomic E-state index is 11.1. The van der Waals surface area contributed by atoms with E-state index in [0.29, 0.717) is 0 Å². The fraction of sp³-hybridized carbons (Fsp3) is 0.556. The smallest absolute Gasteiger partial charge is 0.330 e. The molecule has 0 spiro atoms. The lowest BCUT2D eigenvalue weighted by Gasteiger charge is -2.20. The first kappa shape index (κ1) is 14.7. The molecule has 92 valence electrons. The third kappa shape index (κ3) is 4.49. The van der Waals surface area contributed by atoms with Crippen LogP contribution in [0.1, 0.15) is 0 Å². The number of ketones is 1. The van der Waals surface area contributed by atoms with E-state index in [1.165, 1.54) is 0 Å². The van der Waals surface area contributed by atoms with Crippen molar-refractivity contribution in [3.63, 3.8) is 0 Å². The van der Waals surface area contributed by atoms with Crippen molar-refractivity contribution >= 4 is 11.8 Å². The van der Waals surface area contributed by atoms with E-state index in [-0.39, 0.29) is 0 Å². The first-order chi connectivity index (χ1) is 7.43.